The van der Waals surface area contributed by atoms with Gasteiger partial charge >= 0.3 is 0 Å². The summed E-state index contributed by atoms with van der Waals surface area (Å²) < 4.78 is 18.3. The highest BCUT2D eigenvalue weighted by Crippen LogP contribution is 2.26. The van der Waals surface area contributed by atoms with Gasteiger partial charge < -0.3 is 9.42 Å². The summed E-state index contributed by atoms with van der Waals surface area (Å²) in [6, 6.07) is 8.44. The van der Waals surface area contributed by atoms with Gasteiger partial charge in [-0.3, -0.25) is 4.98 Å². The molecule has 3 rings (SSSR count). The van der Waals surface area contributed by atoms with E-state index in [1.807, 2.05) is 31.0 Å². The standard InChI is InChI=1S/C15H14FN3O/c1-10-7-12(18-20-10)9-19(2)15-5-6-17-14-8-11(16)3-4-13(14)15/h3-8H,9H2,1-2H3. The van der Waals surface area contributed by atoms with Gasteiger partial charge in [-0.1, -0.05) is 5.16 Å². The van der Waals surface area contributed by atoms with Gasteiger partial charge in [-0.05, 0) is 25.1 Å². The number of halogens is 1. The maximum atomic E-state index is 13.2. The van der Waals surface area contributed by atoms with Crippen molar-refractivity contribution < 1.29 is 8.91 Å². The first-order valence-corrected chi connectivity index (χ1v) is 6.31. The molecule has 0 aliphatic rings. The van der Waals surface area contributed by atoms with Crippen LogP contribution in [0.25, 0.3) is 10.9 Å². The van der Waals surface area contributed by atoms with E-state index in [-0.39, 0.29) is 5.82 Å². The molecule has 0 saturated heterocycles. The Morgan fingerprint density at radius 3 is 2.85 bits per heavy atom. The third-order valence-corrected chi connectivity index (χ3v) is 3.17. The zero-order chi connectivity index (χ0) is 14.1. The van der Waals surface area contributed by atoms with Crippen LogP contribution in [0.1, 0.15) is 11.5 Å². The van der Waals surface area contributed by atoms with E-state index in [0.717, 1.165) is 22.5 Å². The van der Waals surface area contributed by atoms with E-state index >= 15 is 0 Å². The molecular formula is C15H14FN3O. The van der Waals surface area contributed by atoms with Crippen LogP contribution < -0.4 is 4.90 Å². The van der Waals surface area contributed by atoms with Crippen LogP contribution in [0, 0.1) is 12.7 Å². The highest BCUT2D eigenvalue weighted by molar-refractivity contribution is 5.91. The second-order valence-electron chi connectivity index (χ2n) is 4.78. The number of rotatable bonds is 3. The molecule has 2 heterocycles. The minimum atomic E-state index is -0.281. The summed E-state index contributed by atoms with van der Waals surface area (Å²) in [6.07, 6.45) is 1.68. The van der Waals surface area contributed by atoms with Crippen LogP contribution in [0.2, 0.25) is 0 Å². The average Bonchev–Trinajstić information content (AvgIpc) is 2.83. The molecule has 0 unspecified atom stereocenters. The number of hydrogen-bond acceptors (Lipinski definition) is 4. The first kappa shape index (κ1) is 12.6. The molecule has 102 valence electrons. The summed E-state index contributed by atoms with van der Waals surface area (Å²) in [4.78, 5) is 6.24. The number of pyridine rings is 1. The first-order chi connectivity index (χ1) is 9.63. The quantitative estimate of drug-likeness (QED) is 0.733. The number of anilines is 1. The van der Waals surface area contributed by atoms with Gasteiger partial charge in [0.1, 0.15) is 17.3 Å². The molecular weight excluding hydrogens is 257 g/mol. The Kier molecular flexibility index (Phi) is 3.10. The van der Waals surface area contributed by atoms with Crippen LogP contribution in [0.15, 0.2) is 41.1 Å². The van der Waals surface area contributed by atoms with E-state index in [2.05, 4.69) is 10.1 Å². The van der Waals surface area contributed by atoms with Crippen LogP contribution in [-0.4, -0.2) is 17.2 Å². The van der Waals surface area contributed by atoms with Crippen molar-refractivity contribution in [1.29, 1.82) is 0 Å². The van der Waals surface area contributed by atoms with Gasteiger partial charge in [0, 0.05) is 36.5 Å². The lowest BCUT2D eigenvalue weighted by Gasteiger charge is -2.19. The summed E-state index contributed by atoms with van der Waals surface area (Å²) >= 11 is 0. The molecule has 4 nitrogen and oxygen atoms in total. The van der Waals surface area contributed by atoms with Gasteiger partial charge in [-0.15, -0.1) is 0 Å². The molecule has 0 atom stereocenters. The Morgan fingerprint density at radius 2 is 2.10 bits per heavy atom. The van der Waals surface area contributed by atoms with Crippen molar-refractivity contribution >= 4 is 16.6 Å². The van der Waals surface area contributed by atoms with Crippen LogP contribution >= 0.6 is 0 Å². The Hall–Kier alpha value is -2.43. The predicted octanol–water partition coefficient (Wildman–Crippen LogP) is 3.31. The SMILES string of the molecule is Cc1cc(CN(C)c2ccnc3cc(F)ccc23)no1. The van der Waals surface area contributed by atoms with Crippen molar-refractivity contribution in [3.63, 3.8) is 0 Å². The number of hydrogen-bond donors (Lipinski definition) is 0. The molecule has 5 heteroatoms. The smallest absolute Gasteiger partial charge is 0.133 e. The number of fused-ring (bicyclic) bond motifs is 1. The van der Waals surface area contributed by atoms with E-state index in [1.165, 1.54) is 12.1 Å². The fourth-order valence-electron chi connectivity index (χ4n) is 2.26. The molecule has 20 heavy (non-hydrogen) atoms. The fraction of sp³-hybridized carbons (Fsp3) is 0.200. The van der Waals surface area contributed by atoms with E-state index in [9.17, 15) is 4.39 Å². The van der Waals surface area contributed by atoms with Gasteiger partial charge in [0.2, 0.25) is 0 Å². The average molecular weight is 271 g/mol. The van der Waals surface area contributed by atoms with Crippen molar-refractivity contribution in [3.8, 4) is 0 Å². The number of aryl methyl sites for hydroxylation is 1. The van der Waals surface area contributed by atoms with Crippen molar-refractivity contribution in [2.45, 2.75) is 13.5 Å². The minimum Gasteiger partial charge on any atom is -0.368 e. The molecule has 3 aromatic rings. The lowest BCUT2D eigenvalue weighted by Crippen LogP contribution is -2.17. The van der Waals surface area contributed by atoms with Crippen LogP contribution in [0.4, 0.5) is 10.1 Å². The molecule has 0 fully saturated rings. The lowest BCUT2D eigenvalue weighted by atomic mass is 10.1. The van der Waals surface area contributed by atoms with E-state index in [4.69, 9.17) is 4.52 Å². The molecule has 0 saturated carbocycles. The van der Waals surface area contributed by atoms with E-state index in [0.29, 0.717) is 12.1 Å². The number of benzene rings is 1. The zero-order valence-corrected chi connectivity index (χ0v) is 11.3. The summed E-state index contributed by atoms with van der Waals surface area (Å²) in [5, 5.41) is 4.90. The minimum absolute atomic E-state index is 0.281. The highest BCUT2D eigenvalue weighted by atomic mass is 19.1. The van der Waals surface area contributed by atoms with Crippen LogP contribution in [0.3, 0.4) is 0 Å². The Balaban J connectivity index is 1.96. The molecule has 0 aliphatic heterocycles. The first-order valence-electron chi connectivity index (χ1n) is 6.31. The van der Waals surface area contributed by atoms with Gasteiger partial charge in [0.15, 0.2) is 0 Å². The zero-order valence-electron chi connectivity index (χ0n) is 11.3. The Morgan fingerprint density at radius 1 is 1.25 bits per heavy atom. The normalized spacial score (nSPS) is 10.9. The second-order valence-corrected chi connectivity index (χ2v) is 4.78. The van der Waals surface area contributed by atoms with Crippen molar-refractivity contribution in [3.05, 3.63) is 53.8 Å². The summed E-state index contributed by atoms with van der Waals surface area (Å²) in [5.74, 6) is 0.506. The molecule has 0 N–H and O–H groups in total. The van der Waals surface area contributed by atoms with Crippen LogP contribution in [0.5, 0.6) is 0 Å². The van der Waals surface area contributed by atoms with Gasteiger partial charge in [0.05, 0.1) is 12.1 Å². The Bertz CT molecular complexity index is 754. The summed E-state index contributed by atoms with van der Waals surface area (Å²) in [6.45, 7) is 2.48. The molecule has 0 aliphatic carbocycles. The summed E-state index contributed by atoms with van der Waals surface area (Å²) in [7, 11) is 1.96. The molecule has 1 aromatic carbocycles. The molecule has 0 radical (unpaired) electrons. The third-order valence-electron chi connectivity index (χ3n) is 3.17. The number of aromatic nitrogens is 2. The third kappa shape index (κ3) is 2.34. The predicted molar refractivity (Wildman–Crippen MR) is 75.0 cm³/mol. The van der Waals surface area contributed by atoms with Gasteiger partial charge in [-0.2, -0.15) is 0 Å². The number of nitrogens with zero attached hydrogens (tertiary/aromatic N) is 3. The van der Waals surface area contributed by atoms with Gasteiger partial charge in [0.25, 0.3) is 0 Å². The molecule has 2 aromatic heterocycles. The maximum Gasteiger partial charge on any atom is 0.133 e. The largest absolute Gasteiger partial charge is 0.368 e. The lowest BCUT2D eigenvalue weighted by molar-refractivity contribution is 0.390. The Labute approximate surface area is 115 Å². The van der Waals surface area contributed by atoms with Crippen LogP contribution in [-0.2, 0) is 6.54 Å². The van der Waals surface area contributed by atoms with E-state index in [1.54, 1.807) is 12.3 Å². The van der Waals surface area contributed by atoms with Crippen molar-refractivity contribution in [2.75, 3.05) is 11.9 Å². The molecule has 0 spiro atoms. The van der Waals surface area contributed by atoms with Crippen molar-refractivity contribution in [2.24, 2.45) is 0 Å². The fourth-order valence-corrected chi connectivity index (χ4v) is 2.26. The topological polar surface area (TPSA) is 42.2 Å². The monoisotopic (exact) mass is 271 g/mol. The highest BCUT2D eigenvalue weighted by Gasteiger charge is 2.10. The molecule has 0 bridgehead atoms. The van der Waals surface area contributed by atoms with Crippen molar-refractivity contribution in [1.82, 2.24) is 10.1 Å². The maximum absolute atomic E-state index is 13.2. The second kappa shape index (κ2) is 4.92. The molecule has 0 amide bonds. The van der Waals surface area contributed by atoms with E-state index < -0.39 is 0 Å². The van der Waals surface area contributed by atoms with Gasteiger partial charge in [-0.25, -0.2) is 4.39 Å². The summed E-state index contributed by atoms with van der Waals surface area (Å²) in [5.41, 5.74) is 2.48.